The summed E-state index contributed by atoms with van der Waals surface area (Å²) in [6.07, 6.45) is 4.39. The number of amides is 3. The molecule has 0 aliphatic carbocycles. The lowest BCUT2D eigenvalue weighted by Crippen LogP contribution is -2.48. The largest absolute Gasteiger partial charge is 0.377 e. The van der Waals surface area contributed by atoms with Gasteiger partial charge >= 0.3 is 6.03 Å². The van der Waals surface area contributed by atoms with E-state index in [9.17, 15) is 9.59 Å². The predicted molar refractivity (Wildman–Crippen MR) is 183 cm³/mol. The highest BCUT2D eigenvalue weighted by Gasteiger charge is 2.40. The van der Waals surface area contributed by atoms with Gasteiger partial charge in [-0.2, -0.15) is 15.0 Å². The third-order valence-corrected chi connectivity index (χ3v) is 10.2. The maximum Gasteiger partial charge on any atom is 0.323 e. The Kier molecular flexibility index (Phi) is 8.96. The summed E-state index contributed by atoms with van der Waals surface area (Å²) >= 11 is 0. The van der Waals surface area contributed by atoms with Crippen LogP contribution in [-0.4, -0.2) is 107 Å². The molecule has 0 radical (unpaired) electrons. The van der Waals surface area contributed by atoms with Crippen molar-refractivity contribution in [2.75, 3.05) is 66.4 Å². The molecule has 4 unspecified atom stereocenters. The molecule has 2 bridgehead atoms. The van der Waals surface area contributed by atoms with Crippen molar-refractivity contribution in [2.24, 2.45) is 0 Å². The number of hydrogen-bond acceptors (Lipinski definition) is 9. The first-order chi connectivity index (χ1) is 22.9. The van der Waals surface area contributed by atoms with Crippen LogP contribution in [0, 0.1) is 0 Å². The van der Waals surface area contributed by atoms with Gasteiger partial charge in [0.15, 0.2) is 5.82 Å². The number of morpholine rings is 1. The number of nitrogens with one attached hydrogen (secondary N) is 2. The zero-order valence-corrected chi connectivity index (χ0v) is 27.6. The summed E-state index contributed by atoms with van der Waals surface area (Å²) in [7, 11) is 0. The number of urea groups is 1. The highest BCUT2D eigenvalue weighted by molar-refractivity contribution is 6.00. The smallest absolute Gasteiger partial charge is 0.323 e. The van der Waals surface area contributed by atoms with Crippen LogP contribution < -0.4 is 20.4 Å². The molecule has 4 atom stereocenters. The van der Waals surface area contributed by atoms with E-state index in [0.29, 0.717) is 48.1 Å². The fraction of sp³-hybridized carbons (Fsp3) is 0.514. The molecule has 248 valence electrons. The van der Waals surface area contributed by atoms with E-state index in [-0.39, 0.29) is 24.0 Å². The number of piperazine rings is 1. The lowest BCUT2D eigenvalue weighted by Gasteiger charge is -2.35. The fourth-order valence-electron chi connectivity index (χ4n) is 7.40. The molecule has 47 heavy (non-hydrogen) atoms. The van der Waals surface area contributed by atoms with Crippen molar-refractivity contribution in [3.63, 3.8) is 0 Å². The summed E-state index contributed by atoms with van der Waals surface area (Å²) in [6.45, 7) is 12.3. The molecule has 4 saturated heterocycles. The Morgan fingerprint density at radius 3 is 1.87 bits per heavy atom. The summed E-state index contributed by atoms with van der Waals surface area (Å²) in [4.78, 5) is 49.7. The zero-order valence-electron chi connectivity index (χ0n) is 27.6. The molecule has 2 N–H and O–H groups in total. The van der Waals surface area contributed by atoms with E-state index in [0.717, 1.165) is 75.9 Å². The molecule has 12 nitrogen and oxygen atoms in total. The van der Waals surface area contributed by atoms with Crippen molar-refractivity contribution in [2.45, 2.75) is 70.6 Å². The van der Waals surface area contributed by atoms with Crippen LogP contribution in [0.2, 0.25) is 0 Å². The molecular formula is C35H45N9O3. The van der Waals surface area contributed by atoms with E-state index in [2.05, 4.69) is 46.1 Å². The van der Waals surface area contributed by atoms with Crippen LogP contribution in [0.5, 0.6) is 0 Å². The molecule has 4 aliphatic heterocycles. The van der Waals surface area contributed by atoms with E-state index >= 15 is 0 Å². The second kappa shape index (κ2) is 13.4. The van der Waals surface area contributed by atoms with E-state index in [1.165, 1.54) is 0 Å². The van der Waals surface area contributed by atoms with Gasteiger partial charge in [0.2, 0.25) is 11.9 Å². The highest BCUT2D eigenvalue weighted by Crippen LogP contribution is 2.35. The first-order valence-corrected chi connectivity index (χ1v) is 17.1. The Bertz CT molecular complexity index is 1550. The van der Waals surface area contributed by atoms with Gasteiger partial charge in [0.25, 0.3) is 5.91 Å². The van der Waals surface area contributed by atoms with Crippen molar-refractivity contribution in [1.82, 2.24) is 24.8 Å². The van der Waals surface area contributed by atoms with Crippen LogP contribution in [0.15, 0.2) is 48.5 Å². The monoisotopic (exact) mass is 639 g/mol. The topological polar surface area (TPSA) is 119 Å². The number of carbonyl (C=O) groups excluding carboxylic acids is 2. The van der Waals surface area contributed by atoms with Gasteiger partial charge in [0.1, 0.15) is 0 Å². The minimum Gasteiger partial charge on any atom is -0.377 e. The van der Waals surface area contributed by atoms with Gasteiger partial charge in [-0.05, 0) is 94.6 Å². The van der Waals surface area contributed by atoms with Crippen LogP contribution in [-0.2, 0) is 4.74 Å². The summed E-state index contributed by atoms with van der Waals surface area (Å²) in [5, 5.41) is 5.77. The third kappa shape index (κ3) is 6.62. The Balaban J connectivity index is 1.02. The molecule has 7 rings (SSSR count). The van der Waals surface area contributed by atoms with Gasteiger partial charge in [-0.15, -0.1) is 0 Å². The maximum absolute atomic E-state index is 12.9. The van der Waals surface area contributed by atoms with Gasteiger partial charge in [0.05, 0.1) is 25.3 Å². The second-order valence-corrected chi connectivity index (χ2v) is 13.2. The van der Waals surface area contributed by atoms with Crippen molar-refractivity contribution in [3.05, 3.63) is 54.1 Å². The third-order valence-electron chi connectivity index (χ3n) is 10.2. The molecule has 0 saturated carbocycles. The van der Waals surface area contributed by atoms with Crippen LogP contribution in [0.1, 0.15) is 56.8 Å². The Labute approximate surface area is 276 Å². The van der Waals surface area contributed by atoms with Crippen molar-refractivity contribution < 1.29 is 14.3 Å². The van der Waals surface area contributed by atoms with Crippen molar-refractivity contribution in [3.8, 4) is 11.4 Å². The molecule has 4 aliphatic rings. The van der Waals surface area contributed by atoms with Gasteiger partial charge < -0.3 is 35.0 Å². The van der Waals surface area contributed by atoms with Gasteiger partial charge in [-0.3, -0.25) is 4.79 Å². The summed E-state index contributed by atoms with van der Waals surface area (Å²) in [5.41, 5.74) is 2.74. The number of ether oxygens (including phenoxy) is 1. The first kappa shape index (κ1) is 31.3. The number of rotatable bonds is 7. The van der Waals surface area contributed by atoms with E-state index in [1.54, 1.807) is 24.3 Å². The summed E-state index contributed by atoms with van der Waals surface area (Å²) in [5.74, 6) is 2.10. The molecule has 3 aromatic rings. The fourth-order valence-corrected chi connectivity index (χ4v) is 7.40. The molecule has 4 fully saturated rings. The van der Waals surface area contributed by atoms with Gasteiger partial charge in [-0.25, -0.2) is 4.79 Å². The molecule has 12 heteroatoms. The SMILES string of the molecule is CCN1CCN(C(=O)c2ccc(NC(=O)Nc3ccc(-c4nc(N5C(C)CCC5C)nc(N5C6CCC5COC6)n4)cc3)cc2)CC1. The number of benzene rings is 2. The number of likely N-dealkylation sites (N-methyl/N-ethyl adjacent to an activating group) is 1. The predicted octanol–water partition coefficient (Wildman–Crippen LogP) is 4.71. The number of fused-ring (bicyclic) bond motifs is 2. The van der Waals surface area contributed by atoms with E-state index < -0.39 is 0 Å². The molecular weight excluding hydrogens is 594 g/mol. The van der Waals surface area contributed by atoms with Crippen molar-refractivity contribution >= 4 is 35.2 Å². The second-order valence-electron chi connectivity index (χ2n) is 13.2. The average molecular weight is 640 g/mol. The van der Waals surface area contributed by atoms with Gasteiger partial charge in [-0.1, -0.05) is 6.92 Å². The summed E-state index contributed by atoms with van der Waals surface area (Å²) in [6, 6.07) is 15.6. The molecule has 0 spiro atoms. The van der Waals surface area contributed by atoms with Crippen LogP contribution >= 0.6 is 0 Å². The van der Waals surface area contributed by atoms with Crippen LogP contribution in [0.4, 0.5) is 28.1 Å². The quantitative estimate of drug-likeness (QED) is 0.379. The lowest BCUT2D eigenvalue weighted by molar-refractivity contribution is 0.0643. The van der Waals surface area contributed by atoms with E-state index in [1.807, 2.05) is 29.2 Å². The number of hydrogen-bond donors (Lipinski definition) is 2. The minimum absolute atomic E-state index is 0.0241. The normalized spacial score (nSPS) is 24.4. The first-order valence-electron chi connectivity index (χ1n) is 17.1. The molecule has 5 heterocycles. The number of aromatic nitrogens is 3. The van der Waals surface area contributed by atoms with Crippen molar-refractivity contribution in [1.29, 1.82) is 0 Å². The Morgan fingerprint density at radius 1 is 0.745 bits per heavy atom. The van der Waals surface area contributed by atoms with Crippen LogP contribution in [0.3, 0.4) is 0 Å². The number of anilines is 4. The zero-order chi connectivity index (χ0) is 32.5. The lowest BCUT2D eigenvalue weighted by atomic mass is 10.1. The van der Waals surface area contributed by atoms with Crippen LogP contribution in [0.25, 0.3) is 11.4 Å². The number of nitrogens with zero attached hydrogens (tertiary/aromatic N) is 7. The maximum atomic E-state index is 12.9. The standard InChI is InChI=1S/C35H45N9O3/c1-4-41-17-19-42(20-18-41)32(45)26-9-13-28(14-10-26)37-35(46)36-27-11-7-25(8-12-27)31-38-33(43-23(2)5-6-24(43)3)40-34(39-31)44-29-15-16-30(44)22-47-21-29/h7-14,23-24,29-30H,4-6,15-22H2,1-3H3,(H2,36,37,46). The summed E-state index contributed by atoms with van der Waals surface area (Å²) < 4.78 is 5.83. The highest BCUT2D eigenvalue weighted by atomic mass is 16.5. The molecule has 1 aromatic heterocycles. The average Bonchev–Trinajstić information content (AvgIpc) is 3.57. The van der Waals surface area contributed by atoms with E-state index in [4.69, 9.17) is 19.7 Å². The van der Waals surface area contributed by atoms with Gasteiger partial charge in [0, 0.05) is 60.8 Å². The minimum atomic E-state index is -0.364. The Morgan fingerprint density at radius 2 is 1.30 bits per heavy atom. The Hall–Kier alpha value is -4.29. The molecule has 3 amide bonds. The number of carbonyl (C=O) groups is 2. The molecule has 2 aromatic carbocycles.